The van der Waals surface area contributed by atoms with E-state index >= 15 is 0 Å². The smallest absolute Gasteiger partial charge is 0.200 e. The molecule has 1 N–H and O–H groups in total. The van der Waals surface area contributed by atoms with Gasteiger partial charge in [0, 0.05) is 0 Å². The van der Waals surface area contributed by atoms with Crippen molar-refractivity contribution in [2.75, 3.05) is 0 Å². The lowest BCUT2D eigenvalue weighted by Crippen LogP contribution is -2.05. The fraction of sp³-hybridized carbons (Fsp3) is 0.118. The first-order valence-corrected chi connectivity index (χ1v) is 6.38. The highest BCUT2D eigenvalue weighted by Gasteiger charge is 2.10. The molecule has 100 valence electrons. The molecule has 0 radical (unpaired) electrons. The zero-order valence-corrected chi connectivity index (χ0v) is 11.3. The number of phenolic OH excluding ortho intramolecular Hbond substituents is 1. The SMILES string of the molecule is Cc1cc2occ(-c3ccc(O)cc3)c(=O)c2cc1C. The number of benzene rings is 2. The van der Waals surface area contributed by atoms with E-state index in [1.807, 2.05) is 26.0 Å². The van der Waals surface area contributed by atoms with Crippen LogP contribution in [-0.2, 0) is 0 Å². The maximum Gasteiger partial charge on any atom is 0.200 e. The minimum absolute atomic E-state index is 0.0555. The highest BCUT2D eigenvalue weighted by Crippen LogP contribution is 2.23. The molecule has 2 aromatic carbocycles. The van der Waals surface area contributed by atoms with E-state index in [0.29, 0.717) is 16.5 Å². The monoisotopic (exact) mass is 266 g/mol. The summed E-state index contributed by atoms with van der Waals surface area (Å²) in [5, 5.41) is 9.89. The summed E-state index contributed by atoms with van der Waals surface area (Å²) in [5.41, 5.74) is 3.93. The van der Waals surface area contributed by atoms with Gasteiger partial charge in [0.2, 0.25) is 0 Å². The molecule has 0 aliphatic carbocycles. The maximum absolute atomic E-state index is 12.6. The molecule has 0 unspecified atom stereocenters. The van der Waals surface area contributed by atoms with E-state index in [9.17, 15) is 9.90 Å². The van der Waals surface area contributed by atoms with Crippen LogP contribution in [0.15, 0.2) is 51.9 Å². The third kappa shape index (κ3) is 1.97. The second-order valence-electron chi connectivity index (χ2n) is 4.96. The van der Waals surface area contributed by atoms with Crippen LogP contribution in [0.25, 0.3) is 22.1 Å². The van der Waals surface area contributed by atoms with Crippen molar-refractivity contribution in [1.82, 2.24) is 0 Å². The number of rotatable bonds is 1. The largest absolute Gasteiger partial charge is 0.508 e. The zero-order valence-electron chi connectivity index (χ0n) is 11.3. The Morgan fingerprint density at radius 2 is 1.65 bits per heavy atom. The van der Waals surface area contributed by atoms with Crippen LogP contribution in [-0.4, -0.2) is 5.11 Å². The van der Waals surface area contributed by atoms with E-state index in [0.717, 1.165) is 16.7 Å². The van der Waals surface area contributed by atoms with E-state index in [1.165, 1.54) is 6.26 Å². The normalized spacial score (nSPS) is 10.9. The summed E-state index contributed by atoms with van der Waals surface area (Å²) in [6.45, 7) is 3.96. The van der Waals surface area contributed by atoms with Crippen molar-refractivity contribution in [3.8, 4) is 16.9 Å². The van der Waals surface area contributed by atoms with Gasteiger partial charge in [-0.3, -0.25) is 4.79 Å². The minimum Gasteiger partial charge on any atom is -0.508 e. The molecule has 3 aromatic rings. The minimum atomic E-state index is -0.0555. The molecule has 0 spiro atoms. The molecule has 0 amide bonds. The Hall–Kier alpha value is -2.55. The number of hydrogen-bond donors (Lipinski definition) is 1. The fourth-order valence-corrected chi connectivity index (χ4v) is 2.23. The zero-order chi connectivity index (χ0) is 14.3. The second-order valence-corrected chi connectivity index (χ2v) is 4.96. The van der Waals surface area contributed by atoms with Crippen LogP contribution < -0.4 is 5.43 Å². The molecule has 0 saturated carbocycles. The molecule has 0 fully saturated rings. The van der Waals surface area contributed by atoms with Crippen molar-refractivity contribution >= 4 is 11.0 Å². The second kappa shape index (κ2) is 4.53. The highest BCUT2D eigenvalue weighted by atomic mass is 16.3. The fourth-order valence-electron chi connectivity index (χ4n) is 2.23. The average molecular weight is 266 g/mol. The molecule has 0 bridgehead atoms. The third-order valence-electron chi connectivity index (χ3n) is 3.57. The van der Waals surface area contributed by atoms with Gasteiger partial charge in [0.25, 0.3) is 0 Å². The number of aromatic hydroxyl groups is 1. The number of hydrogen-bond acceptors (Lipinski definition) is 3. The van der Waals surface area contributed by atoms with Crippen LogP contribution in [0.3, 0.4) is 0 Å². The molecule has 3 heteroatoms. The summed E-state index contributed by atoms with van der Waals surface area (Å²) in [6.07, 6.45) is 1.48. The predicted molar refractivity (Wildman–Crippen MR) is 79.1 cm³/mol. The Labute approximate surface area is 116 Å². The molecule has 1 heterocycles. The third-order valence-corrected chi connectivity index (χ3v) is 3.57. The Kier molecular flexibility index (Phi) is 2.83. The van der Waals surface area contributed by atoms with Gasteiger partial charge in [-0.15, -0.1) is 0 Å². The Morgan fingerprint density at radius 3 is 2.35 bits per heavy atom. The summed E-state index contributed by atoms with van der Waals surface area (Å²) in [7, 11) is 0. The van der Waals surface area contributed by atoms with Crippen LogP contribution in [0, 0.1) is 13.8 Å². The number of phenols is 1. The molecule has 20 heavy (non-hydrogen) atoms. The van der Waals surface area contributed by atoms with Crippen LogP contribution in [0.2, 0.25) is 0 Å². The summed E-state index contributed by atoms with van der Waals surface area (Å²) < 4.78 is 5.58. The van der Waals surface area contributed by atoms with Crippen LogP contribution in [0.4, 0.5) is 0 Å². The first kappa shape index (κ1) is 12.5. The van der Waals surface area contributed by atoms with Crippen molar-refractivity contribution in [3.05, 3.63) is 64.0 Å². The number of fused-ring (bicyclic) bond motifs is 1. The summed E-state index contributed by atoms with van der Waals surface area (Å²) in [4.78, 5) is 12.6. The van der Waals surface area contributed by atoms with E-state index in [2.05, 4.69) is 0 Å². The molecule has 0 atom stereocenters. The van der Waals surface area contributed by atoms with Crippen molar-refractivity contribution in [2.45, 2.75) is 13.8 Å². The molecule has 0 aliphatic rings. The van der Waals surface area contributed by atoms with Gasteiger partial charge in [-0.05, 0) is 54.8 Å². The van der Waals surface area contributed by atoms with Crippen LogP contribution >= 0.6 is 0 Å². The van der Waals surface area contributed by atoms with Gasteiger partial charge in [-0.1, -0.05) is 12.1 Å². The van der Waals surface area contributed by atoms with Crippen molar-refractivity contribution < 1.29 is 9.52 Å². The molecular formula is C17H14O3. The van der Waals surface area contributed by atoms with Gasteiger partial charge in [0.1, 0.15) is 17.6 Å². The lowest BCUT2D eigenvalue weighted by Gasteiger charge is -2.05. The van der Waals surface area contributed by atoms with Crippen LogP contribution in [0.5, 0.6) is 5.75 Å². The Balaban J connectivity index is 2.28. The van der Waals surface area contributed by atoms with E-state index in [1.54, 1.807) is 24.3 Å². The molecule has 1 aromatic heterocycles. The lowest BCUT2D eigenvalue weighted by atomic mass is 10.0. The van der Waals surface area contributed by atoms with Crippen molar-refractivity contribution in [2.24, 2.45) is 0 Å². The summed E-state index contributed by atoms with van der Waals surface area (Å²) in [5.74, 6) is 0.172. The van der Waals surface area contributed by atoms with Crippen LogP contribution in [0.1, 0.15) is 11.1 Å². The predicted octanol–water partition coefficient (Wildman–Crippen LogP) is 3.78. The quantitative estimate of drug-likeness (QED) is 0.729. The molecule has 0 aliphatic heterocycles. The van der Waals surface area contributed by atoms with Gasteiger partial charge in [-0.2, -0.15) is 0 Å². The summed E-state index contributed by atoms with van der Waals surface area (Å²) in [6, 6.07) is 10.3. The van der Waals surface area contributed by atoms with E-state index in [4.69, 9.17) is 4.42 Å². The first-order valence-electron chi connectivity index (χ1n) is 6.38. The topological polar surface area (TPSA) is 50.4 Å². The standard InChI is InChI=1S/C17H14O3/c1-10-7-14-16(8-11(10)2)20-9-15(17(14)19)12-3-5-13(18)6-4-12/h3-9,18H,1-2H3. The first-order chi connectivity index (χ1) is 9.56. The van der Waals surface area contributed by atoms with Crippen molar-refractivity contribution in [1.29, 1.82) is 0 Å². The molecule has 3 rings (SSSR count). The maximum atomic E-state index is 12.6. The van der Waals surface area contributed by atoms with E-state index < -0.39 is 0 Å². The Bertz CT molecular complexity index is 842. The Morgan fingerprint density at radius 1 is 1.00 bits per heavy atom. The average Bonchev–Trinajstić information content (AvgIpc) is 2.43. The van der Waals surface area contributed by atoms with E-state index in [-0.39, 0.29) is 11.2 Å². The molecular weight excluding hydrogens is 252 g/mol. The van der Waals surface area contributed by atoms with Gasteiger partial charge < -0.3 is 9.52 Å². The van der Waals surface area contributed by atoms with Gasteiger partial charge >= 0.3 is 0 Å². The van der Waals surface area contributed by atoms with Gasteiger partial charge in [-0.25, -0.2) is 0 Å². The lowest BCUT2D eigenvalue weighted by molar-refractivity contribution is 0.475. The molecule has 3 nitrogen and oxygen atoms in total. The van der Waals surface area contributed by atoms with Crippen molar-refractivity contribution in [3.63, 3.8) is 0 Å². The molecule has 0 saturated heterocycles. The highest BCUT2D eigenvalue weighted by molar-refractivity contribution is 5.82. The van der Waals surface area contributed by atoms with Gasteiger partial charge in [0.05, 0.1) is 10.9 Å². The summed E-state index contributed by atoms with van der Waals surface area (Å²) >= 11 is 0. The van der Waals surface area contributed by atoms with Gasteiger partial charge in [0.15, 0.2) is 5.43 Å². The number of aryl methyl sites for hydroxylation is 2.